The molecule has 2 heterocycles. The molecule has 0 aliphatic carbocycles. The van der Waals surface area contributed by atoms with Gasteiger partial charge >= 0.3 is 6.09 Å². The van der Waals surface area contributed by atoms with E-state index in [0.29, 0.717) is 18.6 Å². The van der Waals surface area contributed by atoms with E-state index in [4.69, 9.17) is 14.3 Å². The molecular weight excluding hydrogens is 279 g/mol. The van der Waals surface area contributed by atoms with Crippen LogP contribution in [0.5, 0.6) is 5.88 Å². The fourth-order valence-corrected chi connectivity index (χ4v) is 2.09. The van der Waals surface area contributed by atoms with Crippen LogP contribution in [-0.2, 0) is 9.57 Å². The minimum Gasteiger partial charge on any atom is -0.481 e. The van der Waals surface area contributed by atoms with Crippen LogP contribution in [0.1, 0.15) is 38.8 Å². The van der Waals surface area contributed by atoms with E-state index in [1.165, 1.54) is 13.2 Å². The zero-order valence-corrected chi connectivity index (χ0v) is 12.6. The fraction of sp³-hybridized carbons (Fsp3) is 0.571. The average molecular weight is 298 g/mol. The highest BCUT2D eigenvalue weighted by molar-refractivity contribution is 5.68. The molecule has 1 amide bonds. The lowest BCUT2D eigenvalue weighted by atomic mass is 10.1. The van der Waals surface area contributed by atoms with Gasteiger partial charge in [0.05, 0.1) is 26.0 Å². The molecule has 0 aromatic carbocycles. The van der Waals surface area contributed by atoms with Crippen LogP contribution in [0.2, 0.25) is 0 Å². The molecule has 0 N–H and O–H groups in total. The number of hydroxylamine groups is 2. The topological polar surface area (TPSA) is 60.9 Å². The SMILES string of the molecule is COc1ncc(F)cc1[C@H]1CCON1C(=O)OC(C)(C)C. The number of carbonyl (C=O) groups excluding carboxylic acids is 1. The van der Waals surface area contributed by atoms with Crippen LogP contribution < -0.4 is 4.74 Å². The molecule has 6 nitrogen and oxygen atoms in total. The Labute approximate surface area is 122 Å². The Balaban J connectivity index is 2.26. The van der Waals surface area contributed by atoms with Gasteiger partial charge < -0.3 is 9.47 Å². The summed E-state index contributed by atoms with van der Waals surface area (Å²) in [6.45, 7) is 5.63. The van der Waals surface area contributed by atoms with Crippen molar-refractivity contribution >= 4 is 6.09 Å². The summed E-state index contributed by atoms with van der Waals surface area (Å²) in [5.41, 5.74) is -0.182. The van der Waals surface area contributed by atoms with Crippen LogP contribution in [0, 0.1) is 5.82 Å². The number of amides is 1. The summed E-state index contributed by atoms with van der Waals surface area (Å²) in [7, 11) is 1.44. The molecular formula is C14H19FN2O4. The van der Waals surface area contributed by atoms with Gasteiger partial charge in [-0.2, -0.15) is 5.06 Å². The minimum absolute atomic E-state index is 0.264. The molecule has 0 radical (unpaired) electrons. The molecule has 0 saturated carbocycles. The standard InChI is InChI=1S/C14H19FN2O4/c1-14(2,3)21-13(18)17-11(5-6-20-17)10-7-9(15)8-16-12(10)19-4/h7-8,11H,5-6H2,1-4H3/t11-/m1/s1. The van der Waals surface area contributed by atoms with Gasteiger partial charge in [-0.3, -0.25) is 4.84 Å². The van der Waals surface area contributed by atoms with Crippen molar-refractivity contribution < 1.29 is 23.5 Å². The van der Waals surface area contributed by atoms with Crippen molar-refractivity contribution in [3.8, 4) is 5.88 Å². The van der Waals surface area contributed by atoms with Crippen LogP contribution in [0.4, 0.5) is 9.18 Å². The van der Waals surface area contributed by atoms with E-state index in [2.05, 4.69) is 4.98 Å². The third kappa shape index (κ3) is 3.60. The molecule has 2 rings (SSSR count). The average Bonchev–Trinajstić information content (AvgIpc) is 2.85. The van der Waals surface area contributed by atoms with Crippen LogP contribution in [0.15, 0.2) is 12.3 Å². The molecule has 1 saturated heterocycles. The Morgan fingerprint density at radius 3 is 2.86 bits per heavy atom. The van der Waals surface area contributed by atoms with Gasteiger partial charge in [-0.05, 0) is 26.8 Å². The lowest BCUT2D eigenvalue weighted by Gasteiger charge is -2.27. The Bertz CT molecular complexity index is 530. The maximum Gasteiger partial charge on any atom is 0.435 e. The van der Waals surface area contributed by atoms with Gasteiger partial charge in [-0.1, -0.05) is 0 Å². The Morgan fingerprint density at radius 2 is 2.24 bits per heavy atom. The van der Waals surface area contributed by atoms with E-state index in [9.17, 15) is 9.18 Å². The van der Waals surface area contributed by atoms with E-state index >= 15 is 0 Å². The molecule has 0 spiro atoms. The van der Waals surface area contributed by atoms with Gasteiger partial charge in [-0.25, -0.2) is 14.2 Å². The van der Waals surface area contributed by atoms with Gasteiger partial charge in [0.15, 0.2) is 0 Å². The number of methoxy groups -OCH3 is 1. The van der Waals surface area contributed by atoms with Crippen LogP contribution in [-0.4, -0.2) is 35.5 Å². The summed E-state index contributed by atoms with van der Waals surface area (Å²) in [6.07, 6.45) is 0.966. The lowest BCUT2D eigenvalue weighted by molar-refractivity contribution is -0.125. The maximum atomic E-state index is 13.4. The number of nitrogens with zero attached hydrogens (tertiary/aromatic N) is 2. The molecule has 1 aliphatic rings. The number of rotatable bonds is 2. The highest BCUT2D eigenvalue weighted by Crippen LogP contribution is 2.36. The second-order valence-corrected chi connectivity index (χ2v) is 5.70. The summed E-state index contributed by atoms with van der Waals surface area (Å²) in [4.78, 5) is 21.4. The molecule has 0 bridgehead atoms. The van der Waals surface area contributed by atoms with Gasteiger partial charge in [0.1, 0.15) is 11.4 Å². The second kappa shape index (κ2) is 5.85. The summed E-state index contributed by atoms with van der Waals surface area (Å²) in [5, 5.41) is 1.12. The van der Waals surface area contributed by atoms with Crippen molar-refractivity contribution in [2.45, 2.75) is 38.8 Å². The zero-order valence-electron chi connectivity index (χ0n) is 12.6. The van der Waals surface area contributed by atoms with Gasteiger partial charge in [0.25, 0.3) is 0 Å². The Kier molecular flexibility index (Phi) is 4.32. The van der Waals surface area contributed by atoms with E-state index < -0.39 is 23.6 Å². The largest absolute Gasteiger partial charge is 0.481 e. The number of pyridine rings is 1. The number of aromatic nitrogens is 1. The first-order valence-corrected chi connectivity index (χ1v) is 6.66. The molecule has 1 aromatic heterocycles. The Morgan fingerprint density at radius 1 is 1.52 bits per heavy atom. The first-order valence-electron chi connectivity index (χ1n) is 6.66. The van der Waals surface area contributed by atoms with Crippen LogP contribution in [0.3, 0.4) is 0 Å². The molecule has 21 heavy (non-hydrogen) atoms. The van der Waals surface area contributed by atoms with Crippen molar-refractivity contribution in [3.63, 3.8) is 0 Å². The smallest absolute Gasteiger partial charge is 0.435 e. The van der Waals surface area contributed by atoms with E-state index in [0.717, 1.165) is 11.3 Å². The van der Waals surface area contributed by atoms with Gasteiger partial charge in [0, 0.05) is 12.0 Å². The van der Waals surface area contributed by atoms with Crippen molar-refractivity contribution in [2.24, 2.45) is 0 Å². The quantitative estimate of drug-likeness (QED) is 0.840. The lowest BCUT2D eigenvalue weighted by Crippen LogP contribution is -2.35. The molecule has 1 atom stereocenters. The molecule has 1 aliphatic heterocycles. The summed E-state index contributed by atoms with van der Waals surface area (Å²) in [5.74, 6) is -0.234. The highest BCUT2D eigenvalue weighted by Gasteiger charge is 2.37. The predicted molar refractivity (Wildman–Crippen MR) is 72.1 cm³/mol. The molecule has 0 unspecified atom stereocenters. The molecule has 116 valence electrons. The number of ether oxygens (including phenoxy) is 2. The van der Waals surface area contributed by atoms with Gasteiger partial charge in [-0.15, -0.1) is 0 Å². The van der Waals surface area contributed by atoms with E-state index in [1.807, 2.05) is 0 Å². The van der Waals surface area contributed by atoms with Gasteiger partial charge in [0.2, 0.25) is 5.88 Å². The third-order valence-corrected chi connectivity index (χ3v) is 2.88. The molecule has 1 aromatic rings. The van der Waals surface area contributed by atoms with Crippen molar-refractivity contribution in [1.82, 2.24) is 10.0 Å². The minimum atomic E-state index is -0.641. The Hall–Kier alpha value is -1.89. The van der Waals surface area contributed by atoms with Crippen molar-refractivity contribution in [2.75, 3.05) is 13.7 Å². The van der Waals surface area contributed by atoms with Crippen molar-refractivity contribution in [1.29, 1.82) is 0 Å². The number of hydrogen-bond donors (Lipinski definition) is 0. The molecule has 7 heteroatoms. The van der Waals surface area contributed by atoms with E-state index in [1.54, 1.807) is 20.8 Å². The normalized spacial score (nSPS) is 18.7. The first kappa shape index (κ1) is 15.5. The van der Waals surface area contributed by atoms with Crippen molar-refractivity contribution in [3.05, 3.63) is 23.6 Å². The monoisotopic (exact) mass is 298 g/mol. The fourth-order valence-electron chi connectivity index (χ4n) is 2.09. The summed E-state index contributed by atoms with van der Waals surface area (Å²) < 4.78 is 23.9. The third-order valence-electron chi connectivity index (χ3n) is 2.88. The van der Waals surface area contributed by atoms with E-state index in [-0.39, 0.29) is 5.88 Å². The highest BCUT2D eigenvalue weighted by atomic mass is 19.1. The predicted octanol–water partition coefficient (Wildman–Crippen LogP) is 2.84. The summed E-state index contributed by atoms with van der Waals surface area (Å²) >= 11 is 0. The first-order chi connectivity index (χ1) is 9.81. The second-order valence-electron chi connectivity index (χ2n) is 5.70. The summed E-state index contributed by atoms with van der Waals surface area (Å²) in [6, 6.07) is 0.806. The number of carbonyl (C=O) groups is 1. The maximum absolute atomic E-state index is 13.4. The van der Waals surface area contributed by atoms with Crippen LogP contribution in [0.25, 0.3) is 0 Å². The van der Waals surface area contributed by atoms with Crippen LogP contribution >= 0.6 is 0 Å². The number of halogens is 1. The zero-order chi connectivity index (χ0) is 15.6. The molecule has 1 fully saturated rings. The number of hydrogen-bond acceptors (Lipinski definition) is 5.